The van der Waals surface area contributed by atoms with Gasteiger partial charge in [-0.15, -0.1) is 16.4 Å². The molecule has 0 unspecified atom stereocenters. The maximum absolute atomic E-state index is 10.8. The van der Waals surface area contributed by atoms with Crippen molar-refractivity contribution in [2.45, 2.75) is 12.1 Å². The first-order valence-corrected chi connectivity index (χ1v) is 6.43. The highest BCUT2D eigenvalue weighted by Crippen LogP contribution is 2.17. The molecule has 5 nitrogen and oxygen atoms in total. The van der Waals surface area contributed by atoms with E-state index in [1.54, 1.807) is 0 Å². The number of hydrogen-bond acceptors (Lipinski definition) is 5. The van der Waals surface area contributed by atoms with Crippen LogP contribution < -0.4 is 0 Å². The molecule has 13 heavy (non-hydrogen) atoms. The summed E-state index contributed by atoms with van der Waals surface area (Å²) in [4.78, 5) is 4.28. The summed E-state index contributed by atoms with van der Waals surface area (Å²) in [5, 5.41) is 5.23. The first-order chi connectivity index (χ1) is 5.98. The molecular weight excluding hydrogens is 234 g/mol. The predicted molar refractivity (Wildman–Crippen MR) is 48.6 cm³/mol. The molecule has 0 N–H and O–H groups in total. The molecule has 2 aromatic rings. The number of nitrogens with zero attached hydrogens (tertiary/aromatic N) is 3. The lowest BCUT2D eigenvalue weighted by molar-refractivity contribution is 0.601. The SMILES string of the molecule is Cc1csc2nc(S(=O)(=O)Cl)nn12. The minimum Gasteiger partial charge on any atom is -0.207 e. The van der Waals surface area contributed by atoms with E-state index in [0.29, 0.717) is 4.96 Å². The van der Waals surface area contributed by atoms with Crippen molar-refractivity contribution in [3.8, 4) is 0 Å². The second-order valence-corrected chi connectivity index (χ2v) is 5.70. The molecule has 0 fully saturated rings. The molecule has 2 rings (SSSR count). The van der Waals surface area contributed by atoms with Gasteiger partial charge in [-0.1, -0.05) is 0 Å². The lowest BCUT2D eigenvalue weighted by atomic mass is 10.6. The molecule has 2 heterocycles. The standard InChI is InChI=1S/C5H4ClN3O2S2/c1-3-2-12-5-7-4(8-9(3)5)13(6,10)11/h2H,1H3. The Labute approximate surface area is 82.4 Å². The smallest absolute Gasteiger partial charge is 0.207 e. The topological polar surface area (TPSA) is 64.3 Å². The predicted octanol–water partition coefficient (Wildman–Crippen LogP) is 1.03. The molecule has 0 aliphatic rings. The van der Waals surface area contributed by atoms with E-state index in [1.165, 1.54) is 15.9 Å². The van der Waals surface area contributed by atoms with E-state index in [4.69, 9.17) is 10.7 Å². The van der Waals surface area contributed by atoms with Crippen LogP contribution in [0.25, 0.3) is 4.96 Å². The highest BCUT2D eigenvalue weighted by molar-refractivity contribution is 8.13. The van der Waals surface area contributed by atoms with Gasteiger partial charge in [0.15, 0.2) is 0 Å². The monoisotopic (exact) mass is 237 g/mol. The molecule has 0 amide bonds. The number of fused-ring (bicyclic) bond motifs is 1. The van der Waals surface area contributed by atoms with E-state index in [2.05, 4.69) is 10.1 Å². The molecule has 0 atom stereocenters. The number of hydrogen-bond donors (Lipinski definition) is 0. The molecule has 0 aromatic carbocycles. The van der Waals surface area contributed by atoms with Crippen molar-refractivity contribution in [2.24, 2.45) is 0 Å². The van der Waals surface area contributed by atoms with Crippen LogP contribution in [0.1, 0.15) is 5.69 Å². The van der Waals surface area contributed by atoms with E-state index in [1.807, 2.05) is 12.3 Å². The van der Waals surface area contributed by atoms with Crippen LogP contribution in [-0.2, 0) is 9.05 Å². The van der Waals surface area contributed by atoms with E-state index >= 15 is 0 Å². The van der Waals surface area contributed by atoms with Gasteiger partial charge in [-0.05, 0) is 6.92 Å². The summed E-state index contributed by atoms with van der Waals surface area (Å²) in [5.41, 5.74) is 0.832. The summed E-state index contributed by atoms with van der Waals surface area (Å²) < 4.78 is 23.1. The fourth-order valence-corrected chi connectivity index (χ4v) is 2.31. The Morgan fingerprint density at radius 2 is 2.31 bits per heavy atom. The van der Waals surface area contributed by atoms with E-state index in [-0.39, 0.29) is 5.16 Å². The van der Waals surface area contributed by atoms with Crippen molar-refractivity contribution in [1.29, 1.82) is 0 Å². The van der Waals surface area contributed by atoms with Gasteiger partial charge in [-0.3, -0.25) is 0 Å². The first-order valence-electron chi connectivity index (χ1n) is 3.24. The highest BCUT2D eigenvalue weighted by Gasteiger charge is 2.18. The average molecular weight is 238 g/mol. The van der Waals surface area contributed by atoms with E-state index < -0.39 is 9.05 Å². The molecule has 8 heteroatoms. The van der Waals surface area contributed by atoms with Crippen LogP contribution in [0.4, 0.5) is 0 Å². The minimum absolute atomic E-state index is 0.343. The average Bonchev–Trinajstić information content (AvgIpc) is 2.51. The zero-order valence-electron chi connectivity index (χ0n) is 6.43. The Morgan fingerprint density at radius 1 is 1.62 bits per heavy atom. The molecule has 0 saturated heterocycles. The molecule has 2 aromatic heterocycles. The summed E-state index contributed by atoms with van der Waals surface area (Å²) >= 11 is 1.32. The maximum atomic E-state index is 10.8. The Kier molecular flexibility index (Phi) is 1.83. The fraction of sp³-hybridized carbons (Fsp3) is 0.200. The maximum Gasteiger partial charge on any atom is 0.298 e. The Balaban J connectivity index is 2.77. The van der Waals surface area contributed by atoms with Crippen LogP contribution in [-0.4, -0.2) is 23.0 Å². The van der Waals surface area contributed by atoms with E-state index in [0.717, 1.165) is 5.69 Å². The lowest BCUT2D eigenvalue weighted by Crippen LogP contribution is -1.95. The number of aromatic nitrogens is 3. The molecule has 0 spiro atoms. The summed E-state index contributed by atoms with van der Waals surface area (Å²) in [6, 6.07) is 0. The van der Waals surface area contributed by atoms with Crippen molar-refractivity contribution in [1.82, 2.24) is 14.6 Å². The second kappa shape index (κ2) is 2.66. The van der Waals surface area contributed by atoms with Crippen molar-refractivity contribution >= 4 is 36.0 Å². The van der Waals surface area contributed by atoms with E-state index in [9.17, 15) is 8.42 Å². The van der Waals surface area contributed by atoms with Gasteiger partial charge in [-0.25, -0.2) is 12.9 Å². The van der Waals surface area contributed by atoms with Gasteiger partial charge in [0, 0.05) is 16.1 Å². The van der Waals surface area contributed by atoms with Crippen molar-refractivity contribution in [3.05, 3.63) is 11.1 Å². The van der Waals surface area contributed by atoms with Gasteiger partial charge in [0.25, 0.3) is 14.2 Å². The summed E-state index contributed by atoms with van der Waals surface area (Å²) in [5.74, 6) is 0. The molecule has 0 radical (unpaired) electrons. The van der Waals surface area contributed by atoms with Crippen LogP contribution in [0.3, 0.4) is 0 Å². The highest BCUT2D eigenvalue weighted by atomic mass is 35.7. The zero-order valence-corrected chi connectivity index (χ0v) is 8.82. The normalized spacial score (nSPS) is 12.5. The van der Waals surface area contributed by atoms with Crippen molar-refractivity contribution in [3.63, 3.8) is 0 Å². The van der Waals surface area contributed by atoms with Gasteiger partial charge in [0.05, 0.1) is 5.69 Å². The van der Waals surface area contributed by atoms with Gasteiger partial charge in [0.1, 0.15) is 0 Å². The molecular formula is C5H4ClN3O2S2. The van der Waals surface area contributed by atoms with Crippen molar-refractivity contribution < 1.29 is 8.42 Å². The molecule has 0 saturated carbocycles. The summed E-state index contributed by atoms with van der Waals surface area (Å²) in [7, 11) is 1.26. The van der Waals surface area contributed by atoms with Crippen molar-refractivity contribution in [2.75, 3.05) is 0 Å². The Bertz CT molecular complexity index is 555. The zero-order chi connectivity index (χ0) is 9.64. The van der Waals surface area contributed by atoms with Gasteiger partial charge < -0.3 is 0 Å². The second-order valence-electron chi connectivity index (χ2n) is 2.40. The van der Waals surface area contributed by atoms with Crippen LogP contribution in [0.2, 0.25) is 0 Å². The third-order valence-electron chi connectivity index (χ3n) is 1.45. The van der Waals surface area contributed by atoms with Crippen LogP contribution in [0.5, 0.6) is 0 Å². The summed E-state index contributed by atoms with van der Waals surface area (Å²) in [6.45, 7) is 1.81. The molecule has 0 aliphatic heterocycles. The fourth-order valence-electron chi connectivity index (χ4n) is 0.877. The Hall–Kier alpha value is -0.660. The third kappa shape index (κ3) is 1.43. The number of aryl methyl sites for hydroxylation is 1. The largest absolute Gasteiger partial charge is 0.298 e. The third-order valence-corrected chi connectivity index (χ3v) is 3.40. The van der Waals surface area contributed by atoms with Crippen LogP contribution >= 0.6 is 22.0 Å². The summed E-state index contributed by atoms with van der Waals surface area (Å²) in [6.07, 6.45) is 0. The quantitative estimate of drug-likeness (QED) is 0.695. The van der Waals surface area contributed by atoms with Gasteiger partial charge in [-0.2, -0.15) is 4.98 Å². The number of thiazole rings is 1. The van der Waals surface area contributed by atoms with Gasteiger partial charge >= 0.3 is 0 Å². The lowest BCUT2D eigenvalue weighted by Gasteiger charge is -1.84. The Morgan fingerprint density at radius 3 is 2.85 bits per heavy atom. The molecule has 0 aliphatic carbocycles. The first kappa shape index (κ1) is 8.92. The van der Waals surface area contributed by atoms with Crippen LogP contribution in [0, 0.1) is 6.92 Å². The number of rotatable bonds is 1. The number of halogens is 1. The molecule has 70 valence electrons. The minimum atomic E-state index is -3.82. The molecule has 0 bridgehead atoms. The van der Waals surface area contributed by atoms with Crippen LogP contribution in [0.15, 0.2) is 10.5 Å². The van der Waals surface area contributed by atoms with Gasteiger partial charge in [0.2, 0.25) is 4.96 Å².